The molecule has 3 aromatic rings. The summed E-state index contributed by atoms with van der Waals surface area (Å²) in [5.74, 6) is -1.74. The van der Waals surface area contributed by atoms with Crippen LogP contribution < -0.4 is 10.1 Å². The fourth-order valence-electron chi connectivity index (χ4n) is 2.32. The molecular formula is C19H16F2N2O3S. The predicted octanol–water partition coefficient (Wildman–Crippen LogP) is 5.31. The molecule has 1 heterocycles. The van der Waals surface area contributed by atoms with E-state index in [1.54, 1.807) is 24.3 Å². The second-order valence-corrected chi connectivity index (χ2v) is 6.45. The highest BCUT2D eigenvalue weighted by Gasteiger charge is 2.14. The Morgan fingerprint density at radius 1 is 1.19 bits per heavy atom. The monoisotopic (exact) mass is 390 g/mol. The van der Waals surface area contributed by atoms with Gasteiger partial charge in [0.15, 0.2) is 11.5 Å². The molecule has 0 aliphatic heterocycles. The highest BCUT2D eigenvalue weighted by atomic mass is 32.2. The van der Waals surface area contributed by atoms with Crippen molar-refractivity contribution in [2.75, 3.05) is 11.9 Å². The van der Waals surface area contributed by atoms with Gasteiger partial charge in [0.1, 0.15) is 5.75 Å². The number of aromatic nitrogens is 1. The fraction of sp³-hybridized carbons (Fsp3) is 0.158. The lowest BCUT2D eigenvalue weighted by atomic mass is 10.1. The Morgan fingerprint density at radius 3 is 2.52 bits per heavy atom. The average Bonchev–Trinajstić information content (AvgIpc) is 3.14. The Bertz CT molecular complexity index is 896. The van der Waals surface area contributed by atoms with Crippen molar-refractivity contribution in [2.24, 2.45) is 0 Å². The molecule has 5 nitrogen and oxygen atoms in total. The van der Waals surface area contributed by atoms with Crippen molar-refractivity contribution in [2.45, 2.75) is 17.6 Å². The number of halogens is 2. The van der Waals surface area contributed by atoms with Crippen LogP contribution in [-0.4, -0.2) is 23.4 Å². The molecule has 0 saturated heterocycles. The van der Waals surface area contributed by atoms with E-state index in [0.29, 0.717) is 34.7 Å². The van der Waals surface area contributed by atoms with Crippen molar-refractivity contribution in [1.29, 1.82) is 0 Å². The molecule has 0 unspecified atom stereocenters. The molecule has 8 heteroatoms. The summed E-state index contributed by atoms with van der Waals surface area (Å²) in [6.45, 7) is 2.48. The van der Waals surface area contributed by atoms with E-state index in [1.165, 1.54) is 18.2 Å². The first kappa shape index (κ1) is 18.9. The zero-order valence-electron chi connectivity index (χ0n) is 14.3. The van der Waals surface area contributed by atoms with Crippen LogP contribution in [0.15, 0.2) is 64.0 Å². The number of thioether (sulfide) groups is 1. The van der Waals surface area contributed by atoms with Gasteiger partial charge in [0.2, 0.25) is 0 Å². The van der Waals surface area contributed by atoms with Crippen molar-refractivity contribution >= 4 is 23.4 Å². The summed E-state index contributed by atoms with van der Waals surface area (Å²) in [6.07, 6.45) is 0. The Kier molecular flexibility index (Phi) is 6.08. The molecule has 1 aromatic heterocycles. The summed E-state index contributed by atoms with van der Waals surface area (Å²) in [4.78, 5) is 12.7. The van der Waals surface area contributed by atoms with E-state index in [2.05, 4.69) is 10.5 Å². The van der Waals surface area contributed by atoms with Crippen LogP contribution in [0.5, 0.6) is 5.75 Å². The Morgan fingerprint density at radius 2 is 1.89 bits per heavy atom. The van der Waals surface area contributed by atoms with Gasteiger partial charge >= 0.3 is 0 Å². The highest BCUT2D eigenvalue weighted by Crippen LogP contribution is 2.27. The maximum absolute atomic E-state index is 12.3. The zero-order chi connectivity index (χ0) is 19.2. The van der Waals surface area contributed by atoms with Crippen LogP contribution in [-0.2, 0) is 0 Å². The van der Waals surface area contributed by atoms with Gasteiger partial charge in [-0.15, -0.1) is 0 Å². The van der Waals surface area contributed by atoms with E-state index in [1.807, 2.05) is 19.1 Å². The molecule has 2 aromatic carbocycles. The van der Waals surface area contributed by atoms with E-state index >= 15 is 0 Å². The summed E-state index contributed by atoms with van der Waals surface area (Å²) >= 11 is 0.445. The van der Waals surface area contributed by atoms with Crippen LogP contribution in [0.3, 0.4) is 0 Å². The van der Waals surface area contributed by atoms with Crippen LogP contribution >= 0.6 is 11.8 Å². The van der Waals surface area contributed by atoms with E-state index < -0.39 is 11.7 Å². The number of rotatable bonds is 7. The van der Waals surface area contributed by atoms with Gasteiger partial charge in [0.25, 0.3) is 11.7 Å². The third kappa shape index (κ3) is 5.07. The molecule has 0 aliphatic rings. The minimum atomic E-state index is -2.48. The number of nitrogens with zero attached hydrogens (tertiary/aromatic N) is 1. The third-order valence-corrected chi connectivity index (χ3v) is 4.25. The van der Waals surface area contributed by atoms with Crippen molar-refractivity contribution in [3.63, 3.8) is 0 Å². The first-order chi connectivity index (χ1) is 13.0. The summed E-state index contributed by atoms with van der Waals surface area (Å²) in [6, 6.07) is 14.9. The van der Waals surface area contributed by atoms with Crippen LogP contribution in [0.4, 0.5) is 14.5 Å². The number of carbonyl (C=O) groups is 1. The largest absolute Gasteiger partial charge is 0.494 e. The second-order valence-electron chi connectivity index (χ2n) is 5.39. The second kappa shape index (κ2) is 8.68. The van der Waals surface area contributed by atoms with Crippen LogP contribution in [0, 0.1) is 0 Å². The minimum Gasteiger partial charge on any atom is -0.494 e. The summed E-state index contributed by atoms with van der Waals surface area (Å²) in [5, 5.41) is 6.43. The molecule has 27 heavy (non-hydrogen) atoms. The number of anilines is 1. The van der Waals surface area contributed by atoms with Gasteiger partial charge in [-0.2, -0.15) is 8.78 Å². The first-order valence-electron chi connectivity index (χ1n) is 8.11. The molecule has 0 radical (unpaired) electrons. The van der Waals surface area contributed by atoms with Crippen molar-refractivity contribution in [3.05, 3.63) is 60.3 Å². The molecule has 140 valence electrons. The molecule has 0 spiro atoms. The van der Waals surface area contributed by atoms with Crippen LogP contribution in [0.2, 0.25) is 0 Å². The summed E-state index contributed by atoms with van der Waals surface area (Å²) < 4.78 is 35.3. The fourth-order valence-corrected chi connectivity index (χ4v) is 2.81. The SMILES string of the molecule is CCOc1ccc(-c2cc(C(=O)Nc3ccc(SC(F)F)cc3)no2)cc1. The Labute approximate surface area is 158 Å². The molecule has 0 fully saturated rings. The van der Waals surface area contributed by atoms with Gasteiger partial charge in [0.05, 0.1) is 6.61 Å². The molecule has 1 amide bonds. The standard InChI is InChI=1S/C19H16F2N2O3S/c1-2-25-14-7-3-12(4-8-14)17-11-16(23-26-17)18(24)22-13-5-9-15(10-6-13)27-19(20)21/h3-11,19H,2H2,1H3,(H,22,24). The number of ether oxygens (including phenoxy) is 1. The Hall–Kier alpha value is -2.87. The quantitative estimate of drug-likeness (QED) is 0.554. The van der Waals surface area contributed by atoms with Crippen molar-refractivity contribution in [3.8, 4) is 17.1 Å². The molecular weight excluding hydrogens is 374 g/mol. The van der Waals surface area contributed by atoms with Gasteiger partial charge in [0, 0.05) is 22.2 Å². The van der Waals surface area contributed by atoms with Crippen molar-refractivity contribution < 1.29 is 22.8 Å². The Balaban J connectivity index is 1.66. The lowest BCUT2D eigenvalue weighted by Crippen LogP contribution is -2.11. The van der Waals surface area contributed by atoms with Crippen LogP contribution in [0.25, 0.3) is 11.3 Å². The molecule has 0 aliphatic carbocycles. The number of hydrogen-bond acceptors (Lipinski definition) is 5. The predicted molar refractivity (Wildman–Crippen MR) is 99.4 cm³/mol. The van der Waals surface area contributed by atoms with Gasteiger partial charge in [-0.05, 0) is 55.5 Å². The number of benzene rings is 2. The number of alkyl halides is 2. The third-order valence-electron chi connectivity index (χ3n) is 3.53. The number of carbonyl (C=O) groups excluding carboxylic acids is 1. The lowest BCUT2D eigenvalue weighted by molar-refractivity contribution is 0.101. The molecule has 0 saturated carbocycles. The number of nitrogens with one attached hydrogen (secondary N) is 1. The zero-order valence-corrected chi connectivity index (χ0v) is 15.1. The maximum Gasteiger partial charge on any atom is 0.288 e. The molecule has 3 rings (SSSR count). The first-order valence-corrected chi connectivity index (χ1v) is 8.99. The molecule has 1 N–H and O–H groups in total. The average molecular weight is 390 g/mol. The maximum atomic E-state index is 12.3. The van der Waals surface area contributed by atoms with Gasteiger partial charge in [-0.1, -0.05) is 16.9 Å². The topological polar surface area (TPSA) is 64.4 Å². The van der Waals surface area contributed by atoms with E-state index in [9.17, 15) is 13.6 Å². The lowest BCUT2D eigenvalue weighted by Gasteiger charge is -2.04. The van der Waals surface area contributed by atoms with Gasteiger partial charge in [-0.25, -0.2) is 0 Å². The highest BCUT2D eigenvalue weighted by molar-refractivity contribution is 7.99. The molecule has 0 bridgehead atoms. The van der Waals surface area contributed by atoms with Gasteiger partial charge in [-0.3, -0.25) is 4.79 Å². The van der Waals surface area contributed by atoms with Crippen molar-refractivity contribution in [1.82, 2.24) is 5.16 Å². The number of hydrogen-bond donors (Lipinski definition) is 1. The molecule has 0 atom stereocenters. The minimum absolute atomic E-state index is 0.116. The van der Waals surface area contributed by atoms with E-state index in [4.69, 9.17) is 9.26 Å². The van der Waals surface area contributed by atoms with Gasteiger partial charge < -0.3 is 14.6 Å². The van der Waals surface area contributed by atoms with Crippen LogP contribution in [0.1, 0.15) is 17.4 Å². The van der Waals surface area contributed by atoms with E-state index in [0.717, 1.165) is 11.3 Å². The smallest absolute Gasteiger partial charge is 0.288 e. The summed E-state index contributed by atoms with van der Waals surface area (Å²) in [5.41, 5.74) is 1.35. The van der Waals surface area contributed by atoms with E-state index in [-0.39, 0.29) is 5.69 Å². The normalized spacial score (nSPS) is 10.8. The number of amides is 1. The summed E-state index contributed by atoms with van der Waals surface area (Å²) in [7, 11) is 0.